The van der Waals surface area contributed by atoms with E-state index in [0.717, 1.165) is 32.5 Å². The fraction of sp³-hybridized carbons (Fsp3) is 1.00. The monoisotopic (exact) mass is 246 g/mol. The van der Waals surface area contributed by atoms with Crippen LogP contribution in [0.15, 0.2) is 0 Å². The van der Waals surface area contributed by atoms with Crippen LogP contribution in [0.3, 0.4) is 0 Å². The Kier molecular flexibility index (Phi) is 4.03. The highest BCUT2D eigenvalue weighted by molar-refractivity contribution is 4.87. The van der Waals surface area contributed by atoms with Crippen molar-refractivity contribution in [1.82, 2.24) is 4.90 Å². The number of nitrogens with two attached hydrogens (primary N) is 1. The molecule has 0 aromatic heterocycles. The van der Waals surface area contributed by atoms with Gasteiger partial charge in [-0.2, -0.15) is 0 Å². The first kappa shape index (κ1) is 13.2. The molecule has 3 unspecified atom stereocenters. The van der Waals surface area contributed by atoms with Crippen LogP contribution < -0.4 is 5.73 Å². The number of nitrogens with zero attached hydrogens (tertiary/aromatic N) is 1. The lowest BCUT2D eigenvalue weighted by Gasteiger charge is -2.33. The van der Waals surface area contributed by atoms with Crippen LogP contribution in [-0.2, 0) is 0 Å². The average molecular weight is 246 g/mol. The molecule has 1 aliphatic heterocycles. The van der Waals surface area contributed by atoms with Crippen molar-refractivity contribution < 1.29 is 8.78 Å². The SMILES string of the molecule is CC1CC(CN)CN1CC1CCCC(F)(F)C1. The van der Waals surface area contributed by atoms with Crippen molar-refractivity contribution >= 4 is 0 Å². The standard InChI is InChI=1S/C13H24F2N2/c1-10-5-12(7-16)9-17(10)8-11-3-2-4-13(14,15)6-11/h10-12H,2-9,16H2,1H3. The number of hydrogen-bond acceptors (Lipinski definition) is 2. The Bertz CT molecular complexity index is 258. The second-order valence-corrected chi connectivity index (χ2v) is 5.96. The zero-order valence-electron chi connectivity index (χ0n) is 10.7. The number of likely N-dealkylation sites (tertiary alicyclic amines) is 1. The summed E-state index contributed by atoms with van der Waals surface area (Å²) < 4.78 is 26.7. The van der Waals surface area contributed by atoms with Crippen LogP contribution in [0, 0.1) is 11.8 Å². The predicted molar refractivity (Wildman–Crippen MR) is 65.1 cm³/mol. The first-order valence-electron chi connectivity index (χ1n) is 6.82. The number of hydrogen-bond donors (Lipinski definition) is 1. The second kappa shape index (κ2) is 5.19. The zero-order chi connectivity index (χ0) is 12.5. The van der Waals surface area contributed by atoms with Crippen molar-refractivity contribution in [2.75, 3.05) is 19.6 Å². The van der Waals surface area contributed by atoms with Gasteiger partial charge in [0.05, 0.1) is 0 Å². The number of alkyl halides is 2. The Morgan fingerprint density at radius 2 is 2.12 bits per heavy atom. The first-order valence-corrected chi connectivity index (χ1v) is 6.82. The third-order valence-electron chi connectivity index (χ3n) is 4.36. The van der Waals surface area contributed by atoms with E-state index in [1.54, 1.807) is 0 Å². The normalized spacial score (nSPS) is 38.5. The van der Waals surface area contributed by atoms with E-state index >= 15 is 0 Å². The molecule has 1 saturated carbocycles. The van der Waals surface area contributed by atoms with E-state index in [1.807, 2.05) is 0 Å². The van der Waals surface area contributed by atoms with Gasteiger partial charge in [-0.3, -0.25) is 0 Å². The minimum atomic E-state index is -2.42. The summed E-state index contributed by atoms with van der Waals surface area (Å²) in [5.74, 6) is -1.68. The van der Waals surface area contributed by atoms with Gasteiger partial charge in [0.15, 0.2) is 0 Å². The molecule has 2 fully saturated rings. The molecule has 3 atom stereocenters. The van der Waals surface area contributed by atoms with Crippen molar-refractivity contribution in [3.05, 3.63) is 0 Å². The van der Waals surface area contributed by atoms with Crippen LogP contribution in [0.1, 0.15) is 39.0 Å². The summed E-state index contributed by atoms with van der Waals surface area (Å²) in [5, 5.41) is 0. The van der Waals surface area contributed by atoms with Crippen molar-refractivity contribution in [3.63, 3.8) is 0 Å². The summed E-state index contributed by atoms with van der Waals surface area (Å²) in [4.78, 5) is 2.36. The van der Waals surface area contributed by atoms with Crippen LogP contribution in [0.4, 0.5) is 8.78 Å². The second-order valence-electron chi connectivity index (χ2n) is 5.96. The van der Waals surface area contributed by atoms with Crippen LogP contribution in [-0.4, -0.2) is 36.5 Å². The molecule has 1 heterocycles. The van der Waals surface area contributed by atoms with Gasteiger partial charge in [-0.25, -0.2) is 8.78 Å². The smallest absolute Gasteiger partial charge is 0.248 e. The van der Waals surface area contributed by atoms with Gasteiger partial charge in [0.25, 0.3) is 0 Å². The van der Waals surface area contributed by atoms with Gasteiger partial charge in [-0.1, -0.05) is 0 Å². The Hall–Kier alpha value is -0.220. The highest BCUT2D eigenvalue weighted by atomic mass is 19.3. The third-order valence-corrected chi connectivity index (χ3v) is 4.36. The predicted octanol–water partition coefficient (Wildman–Crippen LogP) is 2.48. The van der Waals surface area contributed by atoms with E-state index in [2.05, 4.69) is 11.8 Å². The van der Waals surface area contributed by atoms with Gasteiger partial charge in [0, 0.05) is 32.0 Å². The van der Waals surface area contributed by atoms with Gasteiger partial charge in [0.2, 0.25) is 5.92 Å². The fourth-order valence-corrected chi connectivity index (χ4v) is 3.41. The minimum absolute atomic E-state index is 0.0868. The molecule has 0 spiro atoms. The van der Waals surface area contributed by atoms with Gasteiger partial charge in [-0.05, 0) is 44.6 Å². The maximum absolute atomic E-state index is 13.3. The third kappa shape index (κ3) is 3.38. The minimum Gasteiger partial charge on any atom is -0.330 e. The summed E-state index contributed by atoms with van der Waals surface area (Å²) in [6.45, 7) is 4.76. The quantitative estimate of drug-likeness (QED) is 0.829. The van der Waals surface area contributed by atoms with E-state index in [0.29, 0.717) is 18.4 Å². The molecule has 1 saturated heterocycles. The molecule has 1 aliphatic carbocycles. The lowest BCUT2D eigenvalue weighted by atomic mass is 9.86. The zero-order valence-corrected chi connectivity index (χ0v) is 10.7. The van der Waals surface area contributed by atoms with E-state index in [9.17, 15) is 8.78 Å². The van der Waals surface area contributed by atoms with Crippen molar-refractivity contribution in [3.8, 4) is 0 Å². The van der Waals surface area contributed by atoms with Gasteiger partial charge in [-0.15, -0.1) is 0 Å². The van der Waals surface area contributed by atoms with Crippen LogP contribution >= 0.6 is 0 Å². The van der Waals surface area contributed by atoms with Crippen LogP contribution in [0.5, 0.6) is 0 Å². The van der Waals surface area contributed by atoms with E-state index in [1.165, 1.54) is 0 Å². The molecule has 100 valence electrons. The number of halogens is 2. The maximum atomic E-state index is 13.3. The summed E-state index contributed by atoms with van der Waals surface area (Å²) in [6.07, 6.45) is 2.94. The van der Waals surface area contributed by atoms with E-state index in [-0.39, 0.29) is 18.8 Å². The average Bonchev–Trinajstić information content (AvgIpc) is 2.58. The first-order chi connectivity index (χ1) is 8.00. The molecule has 2 aliphatic rings. The highest BCUT2D eigenvalue weighted by Crippen LogP contribution is 2.37. The molecule has 0 amide bonds. The molecule has 2 N–H and O–H groups in total. The fourth-order valence-electron chi connectivity index (χ4n) is 3.41. The molecule has 2 rings (SSSR count). The highest BCUT2D eigenvalue weighted by Gasteiger charge is 2.38. The van der Waals surface area contributed by atoms with Gasteiger partial charge >= 0.3 is 0 Å². The Labute approximate surface area is 103 Å². The number of rotatable bonds is 3. The molecule has 0 aromatic rings. The summed E-state index contributed by atoms with van der Waals surface area (Å²) >= 11 is 0. The topological polar surface area (TPSA) is 29.3 Å². The van der Waals surface area contributed by atoms with Gasteiger partial charge < -0.3 is 10.6 Å². The molecule has 0 radical (unpaired) electrons. The van der Waals surface area contributed by atoms with Crippen LogP contribution in [0.25, 0.3) is 0 Å². The Morgan fingerprint density at radius 3 is 2.71 bits per heavy atom. The molecular weight excluding hydrogens is 222 g/mol. The molecule has 0 aromatic carbocycles. The Morgan fingerprint density at radius 1 is 1.35 bits per heavy atom. The summed E-state index contributed by atoms with van der Waals surface area (Å²) in [7, 11) is 0. The molecular formula is C13H24F2N2. The van der Waals surface area contributed by atoms with Crippen LogP contribution in [0.2, 0.25) is 0 Å². The van der Waals surface area contributed by atoms with E-state index in [4.69, 9.17) is 5.73 Å². The Balaban J connectivity index is 1.84. The summed E-state index contributed by atoms with van der Waals surface area (Å²) in [6, 6.07) is 0.513. The molecule has 2 nitrogen and oxygen atoms in total. The van der Waals surface area contributed by atoms with Crippen molar-refractivity contribution in [2.24, 2.45) is 17.6 Å². The van der Waals surface area contributed by atoms with Gasteiger partial charge in [0.1, 0.15) is 0 Å². The lowest BCUT2D eigenvalue weighted by molar-refractivity contribution is -0.0572. The summed E-state index contributed by atoms with van der Waals surface area (Å²) in [5.41, 5.74) is 5.69. The lowest BCUT2D eigenvalue weighted by Crippen LogP contribution is -2.37. The van der Waals surface area contributed by atoms with Crippen molar-refractivity contribution in [2.45, 2.75) is 51.0 Å². The molecule has 0 bridgehead atoms. The largest absolute Gasteiger partial charge is 0.330 e. The molecule has 17 heavy (non-hydrogen) atoms. The van der Waals surface area contributed by atoms with Crippen molar-refractivity contribution in [1.29, 1.82) is 0 Å². The maximum Gasteiger partial charge on any atom is 0.248 e. The molecule has 4 heteroatoms. The van der Waals surface area contributed by atoms with E-state index < -0.39 is 5.92 Å².